The lowest BCUT2D eigenvalue weighted by atomic mass is 10.1. The zero-order valence-electron chi connectivity index (χ0n) is 12.4. The maximum Gasteiger partial charge on any atom is 0.142 e. The minimum absolute atomic E-state index is 0.0532. The molecule has 0 spiro atoms. The van der Waals surface area contributed by atoms with Crippen LogP contribution < -0.4 is 10.1 Å². The van der Waals surface area contributed by atoms with Gasteiger partial charge in [-0.1, -0.05) is 0 Å². The molecule has 0 atom stereocenters. The second-order valence-electron chi connectivity index (χ2n) is 5.77. The Bertz CT molecular complexity index is 547. The van der Waals surface area contributed by atoms with E-state index in [1.54, 1.807) is 11.3 Å². The monoisotopic (exact) mass is 291 g/mol. The lowest BCUT2D eigenvalue weighted by molar-refractivity contribution is 0.294. The Balaban J connectivity index is 2.07. The third-order valence-electron chi connectivity index (χ3n) is 2.72. The average molecular weight is 291 g/mol. The Hall–Kier alpha value is -1.46. The number of aryl methyl sites for hydroxylation is 1. The van der Waals surface area contributed by atoms with Gasteiger partial charge in [0.2, 0.25) is 0 Å². The van der Waals surface area contributed by atoms with Gasteiger partial charge < -0.3 is 10.1 Å². The van der Waals surface area contributed by atoms with Gasteiger partial charge in [0.25, 0.3) is 0 Å². The zero-order valence-corrected chi connectivity index (χ0v) is 13.3. The van der Waals surface area contributed by atoms with Crippen LogP contribution in [0.15, 0.2) is 23.0 Å². The number of pyridine rings is 1. The van der Waals surface area contributed by atoms with Crippen molar-refractivity contribution in [2.45, 2.75) is 46.4 Å². The van der Waals surface area contributed by atoms with E-state index >= 15 is 0 Å². The van der Waals surface area contributed by atoms with Crippen LogP contribution in [-0.2, 0) is 13.2 Å². The summed E-state index contributed by atoms with van der Waals surface area (Å²) in [6, 6.07) is 3.95. The summed E-state index contributed by atoms with van der Waals surface area (Å²) >= 11 is 1.58. The van der Waals surface area contributed by atoms with Crippen molar-refractivity contribution in [2.24, 2.45) is 0 Å². The van der Waals surface area contributed by atoms with Gasteiger partial charge in [-0.2, -0.15) is 0 Å². The molecule has 0 amide bonds. The molecule has 0 aliphatic rings. The Morgan fingerprint density at radius 2 is 2.10 bits per heavy atom. The molecule has 4 nitrogen and oxygen atoms in total. The average Bonchev–Trinajstić information content (AvgIpc) is 2.87. The van der Waals surface area contributed by atoms with E-state index in [0.717, 1.165) is 22.8 Å². The van der Waals surface area contributed by atoms with Crippen molar-refractivity contribution in [3.8, 4) is 5.75 Å². The molecule has 20 heavy (non-hydrogen) atoms. The van der Waals surface area contributed by atoms with Crippen LogP contribution in [0.3, 0.4) is 0 Å². The number of ether oxygens (including phenoxy) is 1. The number of nitrogens with one attached hydrogen (secondary N) is 1. The molecular formula is C15H21N3OS. The zero-order chi connectivity index (χ0) is 14.6. The van der Waals surface area contributed by atoms with E-state index in [1.807, 2.05) is 29.9 Å². The third kappa shape index (κ3) is 4.58. The van der Waals surface area contributed by atoms with Crippen molar-refractivity contribution >= 4 is 11.3 Å². The summed E-state index contributed by atoms with van der Waals surface area (Å²) in [5.41, 5.74) is 4.75. The smallest absolute Gasteiger partial charge is 0.142 e. The number of hydrogen-bond donors (Lipinski definition) is 1. The molecule has 0 aromatic carbocycles. The first kappa shape index (κ1) is 14.9. The van der Waals surface area contributed by atoms with Crippen molar-refractivity contribution in [3.05, 3.63) is 40.1 Å². The first-order chi connectivity index (χ1) is 9.44. The van der Waals surface area contributed by atoms with E-state index in [9.17, 15) is 0 Å². The molecule has 1 N–H and O–H groups in total. The Labute approximate surface area is 124 Å². The number of thiazole rings is 1. The van der Waals surface area contributed by atoms with Crippen molar-refractivity contribution < 1.29 is 4.74 Å². The second-order valence-corrected chi connectivity index (χ2v) is 6.49. The topological polar surface area (TPSA) is 47.0 Å². The van der Waals surface area contributed by atoms with Crippen LogP contribution in [0.25, 0.3) is 0 Å². The largest absolute Gasteiger partial charge is 0.485 e. The van der Waals surface area contributed by atoms with Crippen LogP contribution >= 0.6 is 11.3 Å². The van der Waals surface area contributed by atoms with E-state index < -0.39 is 0 Å². The van der Waals surface area contributed by atoms with E-state index in [-0.39, 0.29) is 5.54 Å². The Morgan fingerprint density at radius 3 is 2.75 bits per heavy atom. The highest BCUT2D eigenvalue weighted by molar-refractivity contribution is 7.07. The summed E-state index contributed by atoms with van der Waals surface area (Å²) in [4.78, 5) is 8.79. The molecular weight excluding hydrogens is 270 g/mol. The highest BCUT2D eigenvalue weighted by Gasteiger charge is 2.12. The highest BCUT2D eigenvalue weighted by Crippen LogP contribution is 2.19. The normalized spacial score (nSPS) is 11.6. The Morgan fingerprint density at radius 1 is 1.30 bits per heavy atom. The van der Waals surface area contributed by atoms with Gasteiger partial charge in [-0.15, -0.1) is 11.3 Å². The van der Waals surface area contributed by atoms with Crippen molar-refractivity contribution in [3.63, 3.8) is 0 Å². The molecule has 5 heteroatoms. The fraction of sp³-hybridized carbons (Fsp3) is 0.467. The van der Waals surface area contributed by atoms with Gasteiger partial charge in [0.1, 0.15) is 12.4 Å². The summed E-state index contributed by atoms with van der Waals surface area (Å²) < 4.78 is 5.84. The van der Waals surface area contributed by atoms with Crippen molar-refractivity contribution in [2.75, 3.05) is 0 Å². The molecule has 2 rings (SSSR count). The SMILES string of the molecule is Cc1ccc(OCc2cscn2)c(CNC(C)(C)C)n1. The van der Waals surface area contributed by atoms with Gasteiger partial charge in [0, 0.05) is 23.2 Å². The molecule has 0 saturated heterocycles. The van der Waals surface area contributed by atoms with Gasteiger partial charge in [-0.25, -0.2) is 4.98 Å². The van der Waals surface area contributed by atoms with E-state index in [4.69, 9.17) is 4.74 Å². The van der Waals surface area contributed by atoms with Gasteiger partial charge in [0.05, 0.1) is 16.9 Å². The van der Waals surface area contributed by atoms with Crippen LogP contribution in [0.4, 0.5) is 0 Å². The number of hydrogen-bond acceptors (Lipinski definition) is 5. The summed E-state index contributed by atoms with van der Waals surface area (Å²) in [7, 11) is 0. The van der Waals surface area contributed by atoms with E-state index in [1.165, 1.54) is 0 Å². The van der Waals surface area contributed by atoms with Crippen LogP contribution in [0.5, 0.6) is 5.75 Å². The van der Waals surface area contributed by atoms with Crippen LogP contribution in [0, 0.1) is 6.92 Å². The molecule has 108 valence electrons. The van der Waals surface area contributed by atoms with Crippen LogP contribution in [-0.4, -0.2) is 15.5 Å². The van der Waals surface area contributed by atoms with Crippen molar-refractivity contribution in [1.82, 2.24) is 15.3 Å². The first-order valence-corrected chi connectivity index (χ1v) is 7.60. The van der Waals surface area contributed by atoms with Gasteiger partial charge in [-0.05, 0) is 39.8 Å². The lowest BCUT2D eigenvalue weighted by Crippen LogP contribution is -2.35. The van der Waals surface area contributed by atoms with Gasteiger partial charge >= 0.3 is 0 Å². The summed E-state index contributed by atoms with van der Waals surface area (Å²) in [6.45, 7) is 9.58. The van der Waals surface area contributed by atoms with E-state index in [0.29, 0.717) is 13.2 Å². The minimum Gasteiger partial charge on any atom is -0.485 e. The number of nitrogens with zero attached hydrogens (tertiary/aromatic N) is 2. The molecule has 0 aliphatic carbocycles. The molecule has 0 aliphatic heterocycles. The summed E-state index contributed by atoms with van der Waals surface area (Å²) in [6.07, 6.45) is 0. The molecule has 2 aromatic heterocycles. The molecule has 2 aromatic rings. The maximum absolute atomic E-state index is 5.84. The quantitative estimate of drug-likeness (QED) is 0.918. The molecule has 0 radical (unpaired) electrons. The van der Waals surface area contributed by atoms with Crippen molar-refractivity contribution in [1.29, 1.82) is 0 Å². The second kappa shape index (κ2) is 6.33. The molecule has 0 unspecified atom stereocenters. The fourth-order valence-electron chi connectivity index (χ4n) is 1.67. The summed E-state index contributed by atoms with van der Waals surface area (Å²) in [5.74, 6) is 0.820. The van der Waals surface area contributed by atoms with Gasteiger partial charge in [0.15, 0.2) is 0 Å². The number of aromatic nitrogens is 2. The fourth-order valence-corrected chi connectivity index (χ4v) is 2.21. The standard InChI is InChI=1S/C15H21N3OS/c1-11-5-6-14(19-8-12-9-20-10-16-12)13(18-11)7-17-15(2,3)4/h5-6,9-10,17H,7-8H2,1-4H3. The predicted octanol–water partition coefficient (Wildman–Crippen LogP) is 3.31. The van der Waals surface area contributed by atoms with E-state index in [2.05, 4.69) is 36.1 Å². The maximum atomic E-state index is 5.84. The lowest BCUT2D eigenvalue weighted by Gasteiger charge is -2.21. The summed E-state index contributed by atoms with van der Waals surface area (Å²) in [5, 5.41) is 5.44. The Kier molecular flexibility index (Phi) is 4.73. The third-order valence-corrected chi connectivity index (χ3v) is 3.35. The molecule has 0 bridgehead atoms. The molecule has 0 saturated carbocycles. The first-order valence-electron chi connectivity index (χ1n) is 6.65. The molecule has 0 fully saturated rings. The molecule has 2 heterocycles. The highest BCUT2D eigenvalue weighted by atomic mass is 32.1. The van der Waals surface area contributed by atoms with Gasteiger partial charge in [-0.3, -0.25) is 4.98 Å². The van der Waals surface area contributed by atoms with Crippen LogP contribution in [0.2, 0.25) is 0 Å². The predicted molar refractivity (Wildman–Crippen MR) is 82.0 cm³/mol. The van der Waals surface area contributed by atoms with Crippen LogP contribution in [0.1, 0.15) is 37.9 Å². The number of rotatable bonds is 5. The minimum atomic E-state index is 0.0532.